The molecule has 0 amide bonds. The molecule has 1 aromatic heterocycles. The van der Waals surface area contributed by atoms with E-state index in [4.69, 9.17) is 11.6 Å². The molecule has 0 spiro atoms. The largest absolute Gasteiger partial charge is 0.266 e. The van der Waals surface area contributed by atoms with Crippen LogP contribution in [-0.2, 0) is 0 Å². The fourth-order valence-corrected chi connectivity index (χ4v) is 1.44. The first-order chi connectivity index (χ1) is 5.54. The van der Waals surface area contributed by atoms with Crippen molar-refractivity contribution in [1.82, 2.24) is 4.98 Å². The van der Waals surface area contributed by atoms with Gasteiger partial charge in [-0.05, 0) is 29.5 Å². The summed E-state index contributed by atoms with van der Waals surface area (Å²) >= 11 is 7.57. The Hall–Kier alpha value is 0.0300. The lowest BCUT2D eigenvalue weighted by Crippen LogP contribution is -1.94. The van der Waals surface area contributed by atoms with Crippen LogP contribution in [0.25, 0.3) is 0 Å². The summed E-state index contributed by atoms with van der Waals surface area (Å²) in [5.41, 5.74) is 0.469. The molecule has 0 aliphatic heterocycles. The van der Waals surface area contributed by atoms with Gasteiger partial charge in [0, 0.05) is 6.20 Å². The number of hydrogen-bond donors (Lipinski definition) is 0. The van der Waals surface area contributed by atoms with Crippen LogP contribution in [0.2, 0.25) is 5.02 Å². The minimum absolute atomic E-state index is 0.109. The maximum atomic E-state index is 12.2. The topological polar surface area (TPSA) is 12.9 Å². The van der Waals surface area contributed by atoms with Crippen LogP contribution in [0.15, 0.2) is 6.20 Å². The number of halogens is 4. The smallest absolute Gasteiger partial charge is 0.260 e. The molecule has 1 rings (SSSR count). The number of aromatic nitrogens is 1. The fourth-order valence-electron chi connectivity index (χ4n) is 0.717. The first-order valence-electron chi connectivity index (χ1n) is 3.12. The second-order valence-corrected chi connectivity index (χ2v) is 3.68. The minimum Gasteiger partial charge on any atom is -0.260 e. The van der Waals surface area contributed by atoms with Gasteiger partial charge in [0.1, 0.15) is 0 Å². The van der Waals surface area contributed by atoms with Crippen LogP contribution in [0.5, 0.6) is 0 Å². The maximum absolute atomic E-state index is 12.2. The highest BCUT2D eigenvalue weighted by atomic mass is 127. The second kappa shape index (κ2) is 3.83. The zero-order valence-corrected chi connectivity index (χ0v) is 9.03. The van der Waals surface area contributed by atoms with E-state index in [1.54, 1.807) is 6.92 Å². The molecule has 0 fully saturated rings. The van der Waals surface area contributed by atoms with Crippen molar-refractivity contribution in [2.45, 2.75) is 13.3 Å². The quantitative estimate of drug-likeness (QED) is 0.723. The van der Waals surface area contributed by atoms with Crippen molar-refractivity contribution in [3.8, 4) is 0 Å². The van der Waals surface area contributed by atoms with Crippen molar-refractivity contribution < 1.29 is 8.78 Å². The normalized spacial score (nSPS) is 10.8. The van der Waals surface area contributed by atoms with Gasteiger partial charge >= 0.3 is 0 Å². The van der Waals surface area contributed by atoms with Crippen molar-refractivity contribution in [2.75, 3.05) is 0 Å². The van der Waals surface area contributed by atoms with Crippen LogP contribution in [0.4, 0.5) is 8.78 Å². The van der Waals surface area contributed by atoms with Crippen molar-refractivity contribution in [3.63, 3.8) is 0 Å². The molecule has 12 heavy (non-hydrogen) atoms. The van der Waals surface area contributed by atoms with Gasteiger partial charge in [-0.3, -0.25) is 4.98 Å². The van der Waals surface area contributed by atoms with E-state index in [9.17, 15) is 8.78 Å². The minimum atomic E-state index is -2.56. The standard InChI is InChI=1S/C7H5ClF2IN/c1-3-6(11)5(8)4(2-12-3)7(9)10/h2,7H,1H3. The molecule has 0 N–H and O–H groups in total. The molecule has 0 aliphatic carbocycles. The molecule has 0 bridgehead atoms. The van der Waals surface area contributed by atoms with E-state index < -0.39 is 6.43 Å². The van der Waals surface area contributed by atoms with Crippen LogP contribution in [0, 0.1) is 10.5 Å². The molecule has 0 unspecified atom stereocenters. The summed E-state index contributed by atoms with van der Waals surface area (Å²) in [6.45, 7) is 1.73. The summed E-state index contributed by atoms with van der Waals surface area (Å²) in [5.74, 6) is 0. The van der Waals surface area contributed by atoms with Crippen molar-refractivity contribution in [2.24, 2.45) is 0 Å². The summed E-state index contributed by atoms with van der Waals surface area (Å²) in [5, 5.41) is 0.109. The Labute approximate surface area is 87.3 Å². The molecule has 0 aliphatic rings. The molecule has 0 saturated carbocycles. The average molecular weight is 303 g/mol. The highest BCUT2D eigenvalue weighted by molar-refractivity contribution is 14.1. The number of hydrogen-bond acceptors (Lipinski definition) is 1. The lowest BCUT2D eigenvalue weighted by molar-refractivity contribution is 0.151. The van der Waals surface area contributed by atoms with Gasteiger partial charge in [-0.25, -0.2) is 8.78 Å². The molecule has 1 heterocycles. The van der Waals surface area contributed by atoms with E-state index in [0.717, 1.165) is 6.20 Å². The average Bonchev–Trinajstić information content (AvgIpc) is 2.00. The molecular formula is C7H5ClF2IN. The Bertz CT molecular complexity index is 304. The third-order valence-corrected chi connectivity index (χ3v) is 3.44. The summed E-state index contributed by atoms with van der Waals surface area (Å²) < 4.78 is 25.0. The SMILES string of the molecule is Cc1ncc(C(F)F)c(Cl)c1I. The number of aryl methyl sites for hydroxylation is 1. The molecule has 0 aromatic carbocycles. The molecule has 0 radical (unpaired) electrons. The van der Waals surface area contributed by atoms with Crippen molar-refractivity contribution >= 4 is 34.2 Å². The van der Waals surface area contributed by atoms with Gasteiger partial charge in [0.25, 0.3) is 6.43 Å². The number of rotatable bonds is 1. The Morgan fingerprint density at radius 2 is 2.17 bits per heavy atom. The van der Waals surface area contributed by atoms with Crippen molar-refractivity contribution in [1.29, 1.82) is 0 Å². The predicted octanol–water partition coefficient (Wildman–Crippen LogP) is 3.59. The Kier molecular flexibility index (Phi) is 3.22. The summed E-state index contributed by atoms with van der Waals surface area (Å²) in [7, 11) is 0. The Morgan fingerprint density at radius 3 is 2.67 bits per heavy atom. The fraction of sp³-hybridized carbons (Fsp3) is 0.286. The van der Waals surface area contributed by atoms with Gasteiger partial charge in [-0.1, -0.05) is 11.6 Å². The molecule has 0 atom stereocenters. The van der Waals surface area contributed by atoms with E-state index in [2.05, 4.69) is 4.98 Å². The van der Waals surface area contributed by atoms with Crippen molar-refractivity contribution in [3.05, 3.63) is 26.0 Å². The van der Waals surface area contributed by atoms with E-state index in [0.29, 0.717) is 9.26 Å². The molecule has 1 aromatic rings. The number of nitrogens with zero attached hydrogens (tertiary/aromatic N) is 1. The molecule has 5 heteroatoms. The van der Waals surface area contributed by atoms with Gasteiger partial charge in [-0.2, -0.15) is 0 Å². The summed E-state index contributed by atoms with van der Waals surface area (Å²) in [6.07, 6.45) is -1.44. The number of alkyl halides is 2. The lowest BCUT2D eigenvalue weighted by Gasteiger charge is -2.05. The molecule has 66 valence electrons. The van der Waals surface area contributed by atoms with Crippen LogP contribution in [0.3, 0.4) is 0 Å². The monoisotopic (exact) mass is 303 g/mol. The third kappa shape index (κ3) is 1.85. The van der Waals surface area contributed by atoms with E-state index in [1.165, 1.54) is 0 Å². The Balaban J connectivity index is 3.27. The van der Waals surface area contributed by atoms with Gasteiger partial charge in [-0.15, -0.1) is 0 Å². The highest BCUT2D eigenvalue weighted by Crippen LogP contribution is 2.30. The van der Waals surface area contributed by atoms with Gasteiger partial charge in [0.15, 0.2) is 0 Å². The molecule has 1 nitrogen and oxygen atoms in total. The maximum Gasteiger partial charge on any atom is 0.266 e. The van der Waals surface area contributed by atoms with E-state index in [1.807, 2.05) is 22.6 Å². The van der Waals surface area contributed by atoms with Crippen LogP contribution in [-0.4, -0.2) is 4.98 Å². The lowest BCUT2D eigenvalue weighted by atomic mass is 10.2. The molecular weight excluding hydrogens is 298 g/mol. The Morgan fingerprint density at radius 1 is 1.58 bits per heavy atom. The van der Waals surface area contributed by atoms with Gasteiger partial charge in [0.2, 0.25) is 0 Å². The first-order valence-corrected chi connectivity index (χ1v) is 4.58. The summed E-state index contributed by atoms with van der Waals surface area (Å²) in [4.78, 5) is 3.79. The first kappa shape index (κ1) is 10.1. The highest BCUT2D eigenvalue weighted by Gasteiger charge is 2.15. The second-order valence-electron chi connectivity index (χ2n) is 2.23. The van der Waals surface area contributed by atoms with Crippen LogP contribution in [0.1, 0.15) is 17.7 Å². The zero-order valence-electron chi connectivity index (χ0n) is 6.11. The summed E-state index contributed by atoms with van der Waals surface area (Å²) in [6, 6.07) is 0. The zero-order chi connectivity index (χ0) is 9.30. The van der Waals surface area contributed by atoms with Crippen LogP contribution >= 0.6 is 34.2 Å². The van der Waals surface area contributed by atoms with E-state index >= 15 is 0 Å². The predicted molar refractivity (Wildman–Crippen MR) is 51.7 cm³/mol. The number of pyridine rings is 1. The van der Waals surface area contributed by atoms with Gasteiger partial charge in [0.05, 0.1) is 19.9 Å². The van der Waals surface area contributed by atoms with E-state index in [-0.39, 0.29) is 10.6 Å². The third-order valence-electron chi connectivity index (χ3n) is 1.40. The van der Waals surface area contributed by atoms with Gasteiger partial charge < -0.3 is 0 Å². The molecule has 0 saturated heterocycles. The van der Waals surface area contributed by atoms with Crippen LogP contribution < -0.4 is 0 Å².